The molecular weight excluding hydrogens is 332 g/mol. The van der Waals surface area contributed by atoms with E-state index in [0.717, 1.165) is 22.4 Å². The Balaban J connectivity index is 1.98. The van der Waals surface area contributed by atoms with Gasteiger partial charge in [-0.1, -0.05) is 12.1 Å². The number of halogens is 1. The number of benzene rings is 1. The molecule has 0 aliphatic carbocycles. The predicted octanol–water partition coefficient (Wildman–Crippen LogP) is 2.57. The molecule has 1 heterocycles. The number of anilines is 2. The fourth-order valence-electron chi connectivity index (χ4n) is 1.88. The molecular formula is C15H19BrN4O. The molecule has 0 unspecified atom stereocenters. The molecule has 0 spiro atoms. The van der Waals surface area contributed by atoms with E-state index >= 15 is 0 Å². The van der Waals surface area contributed by atoms with Gasteiger partial charge in [0.2, 0.25) is 0 Å². The van der Waals surface area contributed by atoms with Crippen LogP contribution in [0.15, 0.2) is 45.8 Å². The van der Waals surface area contributed by atoms with Gasteiger partial charge in [-0.05, 0) is 35.0 Å². The Morgan fingerprint density at radius 3 is 2.81 bits per heavy atom. The van der Waals surface area contributed by atoms with Gasteiger partial charge in [0.1, 0.15) is 0 Å². The third kappa shape index (κ3) is 4.07. The Morgan fingerprint density at radius 2 is 2.14 bits per heavy atom. The van der Waals surface area contributed by atoms with E-state index in [4.69, 9.17) is 0 Å². The molecule has 0 bridgehead atoms. The number of hydrogen-bond acceptors (Lipinski definition) is 4. The average molecular weight is 351 g/mol. The fourth-order valence-corrected chi connectivity index (χ4v) is 2.31. The van der Waals surface area contributed by atoms with Gasteiger partial charge in [-0.3, -0.25) is 4.79 Å². The maximum atomic E-state index is 12.0. The van der Waals surface area contributed by atoms with Crippen LogP contribution >= 0.6 is 15.9 Å². The van der Waals surface area contributed by atoms with E-state index in [2.05, 4.69) is 26.3 Å². The molecule has 21 heavy (non-hydrogen) atoms. The lowest BCUT2D eigenvalue weighted by Crippen LogP contribution is -2.27. The van der Waals surface area contributed by atoms with Gasteiger partial charge in [-0.15, -0.1) is 0 Å². The van der Waals surface area contributed by atoms with Crippen molar-refractivity contribution in [1.29, 1.82) is 0 Å². The normalized spacial score (nSPS) is 10.4. The topological polar surface area (TPSA) is 50.2 Å². The second-order valence-electron chi connectivity index (χ2n) is 4.70. The van der Waals surface area contributed by atoms with Crippen LogP contribution in [0.3, 0.4) is 0 Å². The fraction of sp³-hybridized carbons (Fsp3) is 0.333. The molecule has 6 heteroatoms. The smallest absolute Gasteiger partial charge is 0.268 e. The lowest BCUT2D eigenvalue weighted by molar-refractivity contribution is 0.597. The first-order valence-corrected chi connectivity index (χ1v) is 7.68. The maximum Gasteiger partial charge on any atom is 0.268 e. The average Bonchev–Trinajstić information content (AvgIpc) is 2.50. The van der Waals surface area contributed by atoms with Crippen molar-refractivity contribution in [2.24, 2.45) is 0 Å². The molecule has 2 rings (SSSR count). The summed E-state index contributed by atoms with van der Waals surface area (Å²) in [5, 5.41) is 7.49. The van der Waals surface area contributed by atoms with Crippen LogP contribution in [0.1, 0.15) is 6.92 Å². The Labute approximate surface area is 132 Å². The summed E-state index contributed by atoms with van der Waals surface area (Å²) in [5.74, 6) is 0. The maximum absolute atomic E-state index is 12.0. The summed E-state index contributed by atoms with van der Waals surface area (Å²) in [6, 6.07) is 9.51. The largest absolute Gasteiger partial charge is 0.382 e. The molecule has 112 valence electrons. The number of aromatic nitrogens is 2. The van der Waals surface area contributed by atoms with Crippen LogP contribution in [0.25, 0.3) is 0 Å². The van der Waals surface area contributed by atoms with E-state index in [1.165, 1.54) is 4.68 Å². The van der Waals surface area contributed by atoms with E-state index in [1.54, 1.807) is 12.3 Å². The Morgan fingerprint density at radius 1 is 1.38 bits per heavy atom. The molecule has 5 nitrogen and oxygen atoms in total. The van der Waals surface area contributed by atoms with Crippen LogP contribution in [0.2, 0.25) is 0 Å². The number of nitrogens with one attached hydrogen (secondary N) is 1. The quantitative estimate of drug-likeness (QED) is 0.869. The highest BCUT2D eigenvalue weighted by Gasteiger charge is 2.03. The standard InChI is InChI=1S/C15H19BrN4O/c1-3-19(2)12-10-15(21)20(18-11-12)9-8-17-14-7-5-4-6-13(14)16/h4-7,10-11,17H,3,8-9H2,1-2H3. The van der Waals surface area contributed by atoms with E-state index in [-0.39, 0.29) is 5.56 Å². The van der Waals surface area contributed by atoms with E-state index in [9.17, 15) is 4.79 Å². The van der Waals surface area contributed by atoms with Crippen LogP contribution in [-0.2, 0) is 6.54 Å². The van der Waals surface area contributed by atoms with Crippen molar-refractivity contribution in [2.75, 3.05) is 30.4 Å². The third-order valence-electron chi connectivity index (χ3n) is 3.28. The second kappa shape index (κ2) is 7.26. The van der Waals surface area contributed by atoms with Crippen molar-refractivity contribution >= 4 is 27.3 Å². The molecule has 0 saturated heterocycles. The van der Waals surface area contributed by atoms with Gasteiger partial charge < -0.3 is 10.2 Å². The van der Waals surface area contributed by atoms with Gasteiger partial charge in [0.25, 0.3) is 5.56 Å². The number of hydrogen-bond donors (Lipinski definition) is 1. The van der Waals surface area contributed by atoms with E-state index in [0.29, 0.717) is 13.1 Å². The monoisotopic (exact) mass is 350 g/mol. The van der Waals surface area contributed by atoms with Crippen molar-refractivity contribution in [3.05, 3.63) is 51.4 Å². The van der Waals surface area contributed by atoms with Crippen molar-refractivity contribution in [2.45, 2.75) is 13.5 Å². The van der Waals surface area contributed by atoms with Crippen LogP contribution in [0, 0.1) is 0 Å². The zero-order valence-corrected chi connectivity index (χ0v) is 13.8. The summed E-state index contributed by atoms with van der Waals surface area (Å²) in [6.07, 6.45) is 1.73. The summed E-state index contributed by atoms with van der Waals surface area (Å²) in [7, 11) is 1.94. The lowest BCUT2D eigenvalue weighted by Gasteiger charge is -2.16. The molecule has 0 fully saturated rings. The SMILES string of the molecule is CCN(C)c1cnn(CCNc2ccccc2Br)c(=O)c1. The summed E-state index contributed by atoms with van der Waals surface area (Å²) in [6.45, 7) is 4.04. The minimum Gasteiger partial charge on any atom is -0.382 e. The molecule has 1 aromatic carbocycles. The minimum atomic E-state index is -0.0817. The van der Waals surface area contributed by atoms with Crippen LogP contribution < -0.4 is 15.8 Å². The predicted molar refractivity (Wildman–Crippen MR) is 90.1 cm³/mol. The first-order valence-electron chi connectivity index (χ1n) is 6.88. The van der Waals surface area contributed by atoms with Gasteiger partial charge in [-0.2, -0.15) is 5.10 Å². The highest BCUT2D eigenvalue weighted by atomic mass is 79.9. The first-order chi connectivity index (χ1) is 10.1. The van der Waals surface area contributed by atoms with Gasteiger partial charge in [-0.25, -0.2) is 4.68 Å². The molecule has 1 N–H and O–H groups in total. The number of para-hydroxylation sites is 1. The van der Waals surface area contributed by atoms with Gasteiger partial charge in [0.15, 0.2) is 0 Å². The Kier molecular flexibility index (Phi) is 5.38. The Bertz CT molecular complexity index is 656. The second-order valence-corrected chi connectivity index (χ2v) is 5.55. The molecule has 0 atom stereocenters. The third-order valence-corrected chi connectivity index (χ3v) is 3.97. The zero-order valence-electron chi connectivity index (χ0n) is 12.2. The first kappa shape index (κ1) is 15.6. The van der Waals surface area contributed by atoms with Gasteiger partial charge in [0, 0.05) is 36.4 Å². The zero-order chi connectivity index (χ0) is 15.2. The Hall–Kier alpha value is -1.82. The highest BCUT2D eigenvalue weighted by Crippen LogP contribution is 2.20. The molecule has 0 aliphatic rings. The molecule has 0 saturated carbocycles. The molecule has 0 amide bonds. The van der Waals surface area contributed by atoms with E-state index in [1.807, 2.05) is 43.1 Å². The highest BCUT2D eigenvalue weighted by molar-refractivity contribution is 9.10. The van der Waals surface area contributed by atoms with Crippen molar-refractivity contribution in [1.82, 2.24) is 9.78 Å². The van der Waals surface area contributed by atoms with Gasteiger partial charge in [0.05, 0.1) is 18.4 Å². The number of nitrogens with zero attached hydrogens (tertiary/aromatic N) is 3. The minimum absolute atomic E-state index is 0.0817. The van der Waals surface area contributed by atoms with Crippen molar-refractivity contribution in [3.8, 4) is 0 Å². The lowest BCUT2D eigenvalue weighted by atomic mass is 10.3. The summed E-state index contributed by atoms with van der Waals surface area (Å²) in [5.41, 5.74) is 1.77. The van der Waals surface area contributed by atoms with Crippen LogP contribution in [0.4, 0.5) is 11.4 Å². The molecule has 0 aliphatic heterocycles. The van der Waals surface area contributed by atoms with Crippen LogP contribution in [-0.4, -0.2) is 29.9 Å². The summed E-state index contributed by atoms with van der Waals surface area (Å²) < 4.78 is 2.47. The van der Waals surface area contributed by atoms with Gasteiger partial charge >= 0.3 is 0 Å². The van der Waals surface area contributed by atoms with Crippen LogP contribution in [0.5, 0.6) is 0 Å². The molecule has 2 aromatic rings. The van der Waals surface area contributed by atoms with Crippen molar-refractivity contribution in [3.63, 3.8) is 0 Å². The van der Waals surface area contributed by atoms with Crippen molar-refractivity contribution < 1.29 is 0 Å². The number of rotatable bonds is 6. The van der Waals surface area contributed by atoms with E-state index < -0.39 is 0 Å². The molecule has 0 radical (unpaired) electrons. The molecule has 1 aromatic heterocycles. The summed E-state index contributed by atoms with van der Waals surface area (Å²) >= 11 is 3.48. The summed E-state index contributed by atoms with van der Waals surface area (Å²) in [4.78, 5) is 14.0.